The Balaban J connectivity index is 1.79. The van der Waals surface area contributed by atoms with Crippen LogP contribution in [0, 0.1) is 5.92 Å². The molecule has 2 heteroatoms. The van der Waals surface area contributed by atoms with E-state index in [1.165, 1.54) is 64.2 Å². The summed E-state index contributed by atoms with van der Waals surface area (Å²) in [5.41, 5.74) is 0. The Morgan fingerprint density at radius 1 is 0.850 bits per heavy atom. The largest absolute Gasteiger partial charge is 0.343 e. The smallest absolute Gasteiger partial charge is 0.222 e. The lowest BCUT2D eigenvalue weighted by Crippen LogP contribution is -2.27. The number of amides is 1. The molecular weight excluding hydrogens is 246 g/mol. The van der Waals surface area contributed by atoms with Crippen LogP contribution < -0.4 is 0 Å². The van der Waals surface area contributed by atoms with Crippen LogP contribution in [0.5, 0.6) is 0 Å². The molecule has 1 aliphatic rings. The highest BCUT2D eigenvalue weighted by Crippen LogP contribution is 2.14. The first-order chi connectivity index (χ1) is 9.70. The normalized spacial score (nSPS) is 15.2. The molecule has 0 saturated carbocycles. The number of likely N-dealkylation sites (tertiary alicyclic amines) is 1. The van der Waals surface area contributed by atoms with E-state index < -0.39 is 0 Å². The molecule has 1 saturated heterocycles. The van der Waals surface area contributed by atoms with E-state index in [0.29, 0.717) is 5.91 Å². The summed E-state index contributed by atoms with van der Waals surface area (Å²) in [6.45, 7) is 6.64. The number of hydrogen-bond acceptors (Lipinski definition) is 1. The van der Waals surface area contributed by atoms with E-state index >= 15 is 0 Å². The van der Waals surface area contributed by atoms with Crippen molar-refractivity contribution >= 4 is 5.91 Å². The number of carbonyl (C=O) groups is 1. The van der Waals surface area contributed by atoms with Gasteiger partial charge in [-0.3, -0.25) is 4.79 Å². The van der Waals surface area contributed by atoms with E-state index in [-0.39, 0.29) is 0 Å². The van der Waals surface area contributed by atoms with Crippen LogP contribution >= 0.6 is 0 Å². The monoisotopic (exact) mass is 281 g/mol. The van der Waals surface area contributed by atoms with Crippen molar-refractivity contribution in [1.29, 1.82) is 0 Å². The van der Waals surface area contributed by atoms with Crippen molar-refractivity contribution in [3.05, 3.63) is 0 Å². The van der Waals surface area contributed by atoms with Crippen molar-refractivity contribution in [3.63, 3.8) is 0 Å². The molecule has 0 aromatic rings. The molecule has 0 aromatic heterocycles. The lowest BCUT2D eigenvalue weighted by atomic mass is 10.0. The number of hydrogen-bond donors (Lipinski definition) is 0. The Hall–Kier alpha value is -0.530. The molecule has 1 amide bonds. The molecule has 0 unspecified atom stereocenters. The fourth-order valence-electron chi connectivity index (χ4n) is 3.01. The van der Waals surface area contributed by atoms with Crippen molar-refractivity contribution in [3.8, 4) is 0 Å². The topological polar surface area (TPSA) is 20.3 Å². The van der Waals surface area contributed by atoms with Crippen LogP contribution in [0.15, 0.2) is 0 Å². The van der Waals surface area contributed by atoms with Crippen LogP contribution in [0.2, 0.25) is 0 Å². The predicted octanol–water partition coefficient (Wildman–Crippen LogP) is 5.17. The molecule has 0 aromatic carbocycles. The van der Waals surface area contributed by atoms with Gasteiger partial charge in [0.15, 0.2) is 0 Å². The van der Waals surface area contributed by atoms with Gasteiger partial charge in [0.2, 0.25) is 5.91 Å². The zero-order valence-electron chi connectivity index (χ0n) is 13.8. The maximum absolute atomic E-state index is 11.8. The summed E-state index contributed by atoms with van der Waals surface area (Å²) in [5, 5.41) is 0. The molecule has 0 atom stereocenters. The molecule has 0 bridgehead atoms. The molecule has 0 aliphatic carbocycles. The highest BCUT2D eigenvalue weighted by molar-refractivity contribution is 5.76. The minimum atomic E-state index is 0.399. The summed E-state index contributed by atoms with van der Waals surface area (Å²) in [7, 11) is 0. The summed E-state index contributed by atoms with van der Waals surface area (Å²) in [4.78, 5) is 13.9. The third-order valence-electron chi connectivity index (χ3n) is 4.38. The van der Waals surface area contributed by atoms with Crippen molar-refractivity contribution < 1.29 is 4.79 Å². The number of rotatable bonds is 11. The van der Waals surface area contributed by atoms with Gasteiger partial charge in [0.1, 0.15) is 0 Å². The Kier molecular flexibility index (Phi) is 9.78. The average molecular weight is 281 g/mol. The van der Waals surface area contributed by atoms with E-state index in [1.807, 2.05) is 0 Å². The van der Waals surface area contributed by atoms with Gasteiger partial charge >= 0.3 is 0 Å². The first-order valence-electron chi connectivity index (χ1n) is 8.98. The Morgan fingerprint density at radius 3 is 1.90 bits per heavy atom. The van der Waals surface area contributed by atoms with Gasteiger partial charge in [0.05, 0.1) is 0 Å². The quantitative estimate of drug-likeness (QED) is 0.479. The molecule has 20 heavy (non-hydrogen) atoms. The van der Waals surface area contributed by atoms with E-state index in [0.717, 1.165) is 31.8 Å². The second-order valence-electron chi connectivity index (χ2n) is 6.85. The molecule has 1 heterocycles. The van der Waals surface area contributed by atoms with Crippen LogP contribution in [0.3, 0.4) is 0 Å². The van der Waals surface area contributed by atoms with E-state index in [1.54, 1.807) is 0 Å². The SMILES string of the molecule is CC(C)CCCCCCCCCCC(=O)N1CCCC1. The molecule has 0 N–H and O–H groups in total. The lowest BCUT2D eigenvalue weighted by Gasteiger charge is -2.14. The number of nitrogens with zero attached hydrogens (tertiary/aromatic N) is 1. The van der Waals surface area contributed by atoms with Gasteiger partial charge in [-0.15, -0.1) is 0 Å². The average Bonchev–Trinajstić information content (AvgIpc) is 2.94. The second-order valence-corrected chi connectivity index (χ2v) is 6.85. The fraction of sp³-hybridized carbons (Fsp3) is 0.944. The van der Waals surface area contributed by atoms with Crippen molar-refractivity contribution in [2.75, 3.05) is 13.1 Å². The standard InChI is InChI=1S/C18H35NO/c1-17(2)13-9-7-5-3-4-6-8-10-14-18(20)19-15-11-12-16-19/h17H,3-16H2,1-2H3. The summed E-state index contributed by atoms with van der Waals surface area (Å²) in [6.07, 6.45) is 15.2. The van der Waals surface area contributed by atoms with E-state index in [2.05, 4.69) is 18.7 Å². The fourth-order valence-corrected chi connectivity index (χ4v) is 3.01. The summed E-state index contributed by atoms with van der Waals surface area (Å²) < 4.78 is 0. The lowest BCUT2D eigenvalue weighted by molar-refractivity contribution is -0.130. The van der Waals surface area contributed by atoms with Crippen LogP contribution in [0.4, 0.5) is 0 Å². The molecular formula is C18H35NO. The van der Waals surface area contributed by atoms with Crippen LogP contribution in [0.25, 0.3) is 0 Å². The van der Waals surface area contributed by atoms with Crippen molar-refractivity contribution in [2.24, 2.45) is 5.92 Å². The molecule has 0 spiro atoms. The van der Waals surface area contributed by atoms with Crippen molar-refractivity contribution in [2.45, 2.75) is 90.9 Å². The summed E-state index contributed by atoms with van der Waals surface area (Å²) >= 11 is 0. The minimum absolute atomic E-state index is 0.399. The molecule has 0 radical (unpaired) electrons. The van der Waals surface area contributed by atoms with E-state index in [9.17, 15) is 4.79 Å². The number of carbonyl (C=O) groups excluding carboxylic acids is 1. The van der Waals surface area contributed by atoms with Gasteiger partial charge in [-0.1, -0.05) is 65.2 Å². The van der Waals surface area contributed by atoms with Gasteiger partial charge < -0.3 is 4.90 Å². The first kappa shape index (κ1) is 17.5. The van der Waals surface area contributed by atoms with Gasteiger partial charge in [-0.05, 0) is 25.2 Å². The van der Waals surface area contributed by atoms with Crippen LogP contribution in [-0.4, -0.2) is 23.9 Å². The third kappa shape index (κ3) is 8.60. The first-order valence-corrected chi connectivity index (χ1v) is 8.98. The second kappa shape index (κ2) is 11.2. The van der Waals surface area contributed by atoms with Gasteiger partial charge in [-0.25, -0.2) is 0 Å². The summed E-state index contributed by atoms with van der Waals surface area (Å²) in [5.74, 6) is 1.26. The molecule has 1 fully saturated rings. The molecule has 118 valence electrons. The Labute approximate surface area is 126 Å². The van der Waals surface area contributed by atoms with E-state index in [4.69, 9.17) is 0 Å². The van der Waals surface area contributed by atoms with Gasteiger partial charge in [-0.2, -0.15) is 0 Å². The molecule has 1 rings (SSSR count). The van der Waals surface area contributed by atoms with Gasteiger partial charge in [0, 0.05) is 19.5 Å². The predicted molar refractivity (Wildman–Crippen MR) is 86.8 cm³/mol. The van der Waals surface area contributed by atoms with Crippen LogP contribution in [0.1, 0.15) is 90.9 Å². The maximum atomic E-state index is 11.8. The van der Waals surface area contributed by atoms with Crippen molar-refractivity contribution in [1.82, 2.24) is 4.90 Å². The third-order valence-corrected chi connectivity index (χ3v) is 4.38. The Bertz CT molecular complexity index is 244. The zero-order chi connectivity index (χ0) is 14.6. The molecule has 2 nitrogen and oxygen atoms in total. The van der Waals surface area contributed by atoms with Crippen LogP contribution in [-0.2, 0) is 4.79 Å². The highest BCUT2D eigenvalue weighted by Gasteiger charge is 2.16. The highest BCUT2D eigenvalue weighted by atomic mass is 16.2. The summed E-state index contributed by atoms with van der Waals surface area (Å²) in [6, 6.07) is 0. The maximum Gasteiger partial charge on any atom is 0.222 e. The zero-order valence-corrected chi connectivity index (χ0v) is 13.8. The van der Waals surface area contributed by atoms with Gasteiger partial charge in [0.25, 0.3) is 0 Å². The molecule has 1 aliphatic heterocycles. The number of unbranched alkanes of at least 4 members (excludes halogenated alkanes) is 7. The Morgan fingerprint density at radius 2 is 1.35 bits per heavy atom. The minimum Gasteiger partial charge on any atom is -0.343 e.